The summed E-state index contributed by atoms with van der Waals surface area (Å²) in [6.07, 6.45) is 6.06. The van der Waals surface area contributed by atoms with Gasteiger partial charge >= 0.3 is 0 Å². The highest BCUT2D eigenvalue weighted by Gasteiger charge is 1.96. The van der Waals surface area contributed by atoms with Crippen molar-refractivity contribution in [2.24, 2.45) is 0 Å². The number of hydrogen-bond donors (Lipinski definition) is 0. The van der Waals surface area contributed by atoms with Gasteiger partial charge in [-0.15, -0.1) is 0 Å². The lowest BCUT2D eigenvalue weighted by molar-refractivity contribution is 0.0127. The van der Waals surface area contributed by atoms with Crippen LogP contribution in [-0.4, -0.2) is 49.2 Å². The minimum atomic E-state index is 0.625. The van der Waals surface area contributed by atoms with Gasteiger partial charge in [0.2, 0.25) is 0 Å². The maximum absolute atomic E-state index is 5.49. The summed E-state index contributed by atoms with van der Waals surface area (Å²) >= 11 is 0. The fourth-order valence-corrected chi connectivity index (χ4v) is 1.59. The van der Waals surface area contributed by atoms with E-state index in [1.165, 1.54) is 6.42 Å². The molecule has 1 aromatic heterocycles. The molecule has 0 bridgehead atoms. The molecule has 5 heteroatoms. The Labute approximate surface area is 115 Å². The summed E-state index contributed by atoms with van der Waals surface area (Å²) in [5.74, 6) is 1.02. The average Bonchev–Trinajstić information content (AvgIpc) is 2.82. The summed E-state index contributed by atoms with van der Waals surface area (Å²) in [6.45, 7) is 9.08. The van der Waals surface area contributed by atoms with Crippen molar-refractivity contribution in [3.05, 3.63) is 18.2 Å². The molecule has 0 radical (unpaired) electrons. The average molecular weight is 270 g/mol. The van der Waals surface area contributed by atoms with E-state index in [4.69, 9.17) is 14.2 Å². The van der Waals surface area contributed by atoms with Gasteiger partial charge in [0.05, 0.1) is 33.0 Å². The normalized spacial score (nSPS) is 11.1. The Bertz CT molecular complexity index is 315. The largest absolute Gasteiger partial charge is 0.379 e. The van der Waals surface area contributed by atoms with E-state index in [1.807, 2.05) is 13.1 Å². The van der Waals surface area contributed by atoms with Gasteiger partial charge in [-0.2, -0.15) is 0 Å². The number of rotatable bonds is 12. The second-order valence-electron chi connectivity index (χ2n) is 4.36. The van der Waals surface area contributed by atoms with Crippen molar-refractivity contribution in [1.29, 1.82) is 0 Å². The van der Waals surface area contributed by atoms with Gasteiger partial charge in [-0.05, 0) is 13.3 Å². The fraction of sp³-hybridized carbons (Fsp3) is 0.786. The standard InChI is InChI=1S/C14H26N2O3/c1-3-4-8-17-10-12-19-13-11-18-9-7-16-6-5-15-14(16)2/h5-6H,3-4,7-13H2,1-2H3. The first-order chi connectivity index (χ1) is 9.34. The molecular weight excluding hydrogens is 244 g/mol. The number of imidazole rings is 1. The molecule has 0 saturated carbocycles. The molecule has 0 saturated heterocycles. The number of aromatic nitrogens is 2. The Balaban J connectivity index is 1.80. The quantitative estimate of drug-likeness (QED) is 0.545. The predicted molar refractivity (Wildman–Crippen MR) is 74.3 cm³/mol. The van der Waals surface area contributed by atoms with Crippen molar-refractivity contribution in [2.45, 2.75) is 33.2 Å². The molecule has 5 nitrogen and oxygen atoms in total. The van der Waals surface area contributed by atoms with Gasteiger partial charge in [0.15, 0.2) is 0 Å². The minimum Gasteiger partial charge on any atom is -0.379 e. The van der Waals surface area contributed by atoms with E-state index in [-0.39, 0.29) is 0 Å². The number of aryl methyl sites for hydroxylation is 1. The van der Waals surface area contributed by atoms with E-state index < -0.39 is 0 Å². The Hall–Kier alpha value is -0.910. The Kier molecular flexibility index (Phi) is 9.32. The van der Waals surface area contributed by atoms with Crippen LogP contribution in [-0.2, 0) is 20.8 Å². The van der Waals surface area contributed by atoms with E-state index in [0.717, 1.165) is 25.4 Å². The van der Waals surface area contributed by atoms with Crippen LogP contribution in [0.15, 0.2) is 12.4 Å². The summed E-state index contributed by atoms with van der Waals surface area (Å²) in [5, 5.41) is 0. The van der Waals surface area contributed by atoms with Gasteiger partial charge in [0.1, 0.15) is 5.82 Å². The minimum absolute atomic E-state index is 0.625. The van der Waals surface area contributed by atoms with Gasteiger partial charge in [0.25, 0.3) is 0 Å². The first-order valence-electron chi connectivity index (χ1n) is 7.05. The van der Waals surface area contributed by atoms with Crippen molar-refractivity contribution < 1.29 is 14.2 Å². The number of ether oxygens (including phenoxy) is 3. The molecule has 0 unspecified atom stereocenters. The predicted octanol–water partition coefficient (Wildman–Crippen LogP) is 2.04. The Morgan fingerprint density at radius 2 is 1.63 bits per heavy atom. The van der Waals surface area contributed by atoms with Crippen molar-refractivity contribution >= 4 is 0 Å². The van der Waals surface area contributed by atoms with Crippen LogP contribution in [0.5, 0.6) is 0 Å². The van der Waals surface area contributed by atoms with Crippen LogP contribution in [0.4, 0.5) is 0 Å². The SMILES string of the molecule is CCCCOCCOCCOCCn1ccnc1C. The van der Waals surface area contributed by atoms with Crippen LogP contribution < -0.4 is 0 Å². The summed E-state index contributed by atoms with van der Waals surface area (Å²) in [4.78, 5) is 4.16. The lowest BCUT2D eigenvalue weighted by Gasteiger charge is -2.07. The molecule has 0 aliphatic heterocycles. The van der Waals surface area contributed by atoms with Crippen molar-refractivity contribution in [1.82, 2.24) is 9.55 Å². The topological polar surface area (TPSA) is 45.5 Å². The van der Waals surface area contributed by atoms with Crippen LogP contribution in [0.1, 0.15) is 25.6 Å². The summed E-state index contributed by atoms with van der Waals surface area (Å²) < 4.78 is 18.4. The molecular formula is C14H26N2O3. The van der Waals surface area contributed by atoms with Gasteiger partial charge in [-0.25, -0.2) is 4.98 Å². The van der Waals surface area contributed by atoms with E-state index in [0.29, 0.717) is 33.0 Å². The molecule has 19 heavy (non-hydrogen) atoms. The molecule has 0 aliphatic rings. The monoisotopic (exact) mass is 270 g/mol. The molecule has 1 heterocycles. The highest BCUT2D eigenvalue weighted by molar-refractivity contribution is 4.87. The zero-order valence-corrected chi connectivity index (χ0v) is 12.1. The van der Waals surface area contributed by atoms with Crippen molar-refractivity contribution in [3.8, 4) is 0 Å². The lowest BCUT2D eigenvalue weighted by Crippen LogP contribution is -2.12. The molecule has 0 atom stereocenters. The maximum atomic E-state index is 5.49. The molecule has 110 valence electrons. The molecule has 0 aliphatic carbocycles. The number of hydrogen-bond acceptors (Lipinski definition) is 4. The van der Waals surface area contributed by atoms with Crippen LogP contribution in [0.3, 0.4) is 0 Å². The zero-order chi connectivity index (χ0) is 13.8. The molecule has 0 aromatic carbocycles. The number of nitrogens with zero attached hydrogens (tertiary/aromatic N) is 2. The first-order valence-corrected chi connectivity index (χ1v) is 7.05. The Morgan fingerprint density at radius 1 is 1.00 bits per heavy atom. The summed E-state index contributed by atoms with van der Waals surface area (Å²) in [7, 11) is 0. The van der Waals surface area contributed by atoms with E-state index >= 15 is 0 Å². The lowest BCUT2D eigenvalue weighted by atomic mass is 10.4. The van der Waals surface area contributed by atoms with Crippen LogP contribution >= 0.6 is 0 Å². The highest BCUT2D eigenvalue weighted by atomic mass is 16.5. The summed E-state index contributed by atoms with van der Waals surface area (Å²) in [5.41, 5.74) is 0. The van der Waals surface area contributed by atoms with E-state index in [1.54, 1.807) is 6.20 Å². The molecule has 1 aromatic rings. The van der Waals surface area contributed by atoms with Crippen LogP contribution in [0, 0.1) is 6.92 Å². The highest BCUT2D eigenvalue weighted by Crippen LogP contribution is 1.94. The zero-order valence-electron chi connectivity index (χ0n) is 12.1. The fourth-order valence-electron chi connectivity index (χ4n) is 1.59. The second kappa shape index (κ2) is 11.0. The van der Waals surface area contributed by atoms with Gasteiger partial charge in [-0.1, -0.05) is 13.3 Å². The molecule has 0 fully saturated rings. The Morgan fingerprint density at radius 3 is 2.21 bits per heavy atom. The molecule has 0 amide bonds. The van der Waals surface area contributed by atoms with Gasteiger partial charge in [0, 0.05) is 25.5 Å². The van der Waals surface area contributed by atoms with E-state index in [2.05, 4.69) is 16.5 Å². The number of unbranched alkanes of at least 4 members (excludes halogenated alkanes) is 1. The first kappa shape index (κ1) is 16.1. The van der Waals surface area contributed by atoms with E-state index in [9.17, 15) is 0 Å². The smallest absolute Gasteiger partial charge is 0.105 e. The molecule has 1 rings (SSSR count). The molecule has 0 N–H and O–H groups in total. The summed E-state index contributed by atoms with van der Waals surface area (Å²) in [6, 6.07) is 0. The molecule has 0 spiro atoms. The second-order valence-corrected chi connectivity index (χ2v) is 4.36. The van der Waals surface area contributed by atoms with Crippen molar-refractivity contribution in [2.75, 3.05) is 39.6 Å². The third-order valence-corrected chi connectivity index (χ3v) is 2.79. The van der Waals surface area contributed by atoms with Gasteiger partial charge in [-0.3, -0.25) is 0 Å². The third-order valence-electron chi connectivity index (χ3n) is 2.79. The van der Waals surface area contributed by atoms with Crippen LogP contribution in [0.25, 0.3) is 0 Å². The maximum Gasteiger partial charge on any atom is 0.105 e. The van der Waals surface area contributed by atoms with Gasteiger partial charge < -0.3 is 18.8 Å². The van der Waals surface area contributed by atoms with Crippen molar-refractivity contribution in [3.63, 3.8) is 0 Å². The third kappa shape index (κ3) is 7.97. The van der Waals surface area contributed by atoms with Crippen LogP contribution in [0.2, 0.25) is 0 Å².